The number of nitrogens with one attached hydrogen (secondary N) is 1. The van der Waals surface area contributed by atoms with Crippen molar-refractivity contribution in [2.45, 2.75) is 12.8 Å². The van der Waals surface area contributed by atoms with Gasteiger partial charge >= 0.3 is 6.18 Å². The van der Waals surface area contributed by atoms with Crippen molar-refractivity contribution in [1.29, 1.82) is 0 Å². The number of carbonyl (C=O) groups excluding carboxylic acids is 1. The van der Waals surface area contributed by atoms with Gasteiger partial charge in [-0.25, -0.2) is 5.43 Å². The second-order valence-electron chi connectivity index (χ2n) is 7.52. The molecule has 0 aliphatic heterocycles. The first-order valence-corrected chi connectivity index (χ1v) is 11.9. The zero-order chi connectivity index (χ0) is 25.0. The highest BCUT2D eigenvalue weighted by atomic mass is 79.9. The number of halogens is 5. The van der Waals surface area contributed by atoms with Crippen LogP contribution in [-0.2, 0) is 12.8 Å². The van der Waals surface area contributed by atoms with E-state index in [-0.39, 0.29) is 5.56 Å². The van der Waals surface area contributed by atoms with Crippen LogP contribution in [0.25, 0.3) is 10.8 Å². The van der Waals surface area contributed by atoms with Gasteiger partial charge in [0.2, 0.25) is 0 Å². The number of alkyl halides is 3. The van der Waals surface area contributed by atoms with Gasteiger partial charge in [0.1, 0.15) is 12.4 Å². The van der Waals surface area contributed by atoms with Gasteiger partial charge < -0.3 is 4.74 Å². The number of carbonyl (C=O) groups is 1. The largest absolute Gasteiger partial charge is 0.487 e. The molecule has 0 aliphatic carbocycles. The minimum Gasteiger partial charge on any atom is -0.487 e. The third-order valence-electron chi connectivity index (χ3n) is 5.10. The average Bonchev–Trinajstić information content (AvgIpc) is 2.83. The van der Waals surface area contributed by atoms with E-state index in [1.54, 1.807) is 12.1 Å². The van der Waals surface area contributed by atoms with Gasteiger partial charge in [-0.15, -0.1) is 0 Å². The standard InChI is InChI=1S/C26H17Br2F3N2O2/c27-22-11-16(14-32-33-25(34)18-7-4-9-20(13-18)26(29,30)31)12-23(28)24(22)35-15-19-8-3-6-17-5-1-2-10-21(17)19/h1-14H,15H2,(H,33,34)/b32-14-. The van der Waals surface area contributed by atoms with Crippen molar-refractivity contribution >= 4 is 54.8 Å². The van der Waals surface area contributed by atoms with Crippen molar-refractivity contribution in [3.05, 3.63) is 110 Å². The van der Waals surface area contributed by atoms with Gasteiger partial charge in [0.15, 0.2) is 0 Å². The molecule has 1 N–H and O–H groups in total. The molecule has 4 aromatic carbocycles. The molecule has 0 fully saturated rings. The molecule has 9 heteroatoms. The Balaban J connectivity index is 1.43. The molecule has 4 aromatic rings. The van der Waals surface area contributed by atoms with E-state index in [1.165, 1.54) is 18.3 Å². The lowest BCUT2D eigenvalue weighted by Gasteiger charge is -2.13. The Hall–Kier alpha value is -3.17. The van der Waals surface area contributed by atoms with Crippen LogP contribution in [0.15, 0.2) is 92.9 Å². The molecule has 4 rings (SSSR count). The molecule has 4 nitrogen and oxygen atoms in total. The lowest BCUT2D eigenvalue weighted by Crippen LogP contribution is -2.18. The van der Waals surface area contributed by atoms with Crippen LogP contribution < -0.4 is 10.2 Å². The minimum atomic E-state index is -4.53. The van der Waals surface area contributed by atoms with Gasteiger partial charge in [0.05, 0.1) is 20.7 Å². The highest BCUT2D eigenvalue weighted by molar-refractivity contribution is 9.11. The van der Waals surface area contributed by atoms with Crippen LogP contribution in [0.5, 0.6) is 5.75 Å². The van der Waals surface area contributed by atoms with E-state index in [9.17, 15) is 18.0 Å². The quantitative estimate of drug-likeness (QED) is 0.181. The van der Waals surface area contributed by atoms with Crippen LogP contribution >= 0.6 is 31.9 Å². The average molecular weight is 606 g/mol. The normalized spacial score (nSPS) is 11.7. The van der Waals surface area contributed by atoms with Crippen molar-refractivity contribution in [3.63, 3.8) is 0 Å². The fraction of sp³-hybridized carbons (Fsp3) is 0.0769. The summed E-state index contributed by atoms with van der Waals surface area (Å²) in [5, 5.41) is 6.10. The molecular weight excluding hydrogens is 589 g/mol. The molecule has 0 unspecified atom stereocenters. The van der Waals surface area contributed by atoms with E-state index in [0.29, 0.717) is 26.9 Å². The number of hydrogen-bond acceptors (Lipinski definition) is 3. The van der Waals surface area contributed by atoms with Crippen LogP contribution in [-0.4, -0.2) is 12.1 Å². The van der Waals surface area contributed by atoms with E-state index < -0.39 is 17.6 Å². The summed E-state index contributed by atoms with van der Waals surface area (Å²) >= 11 is 6.99. The number of hydrazone groups is 1. The number of ether oxygens (including phenoxy) is 1. The SMILES string of the molecule is O=C(N/N=C\c1cc(Br)c(OCc2cccc3ccccc23)c(Br)c1)c1cccc(C(F)(F)F)c1. The Bertz CT molecular complexity index is 1390. The van der Waals surface area contributed by atoms with Crippen molar-refractivity contribution < 1.29 is 22.7 Å². The predicted octanol–water partition coefficient (Wildman–Crippen LogP) is 7.73. The minimum absolute atomic E-state index is 0.142. The Labute approximate surface area is 216 Å². The third kappa shape index (κ3) is 6.10. The zero-order valence-electron chi connectivity index (χ0n) is 17.9. The van der Waals surface area contributed by atoms with E-state index in [4.69, 9.17) is 4.74 Å². The number of nitrogens with zero attached hydrogens (tertiary/aromatic N) is 1. The molecule has 178 valence electrons. The smallest absolute Gasteiger partial charge is 0.416 e. The second kappa shape index (κ2) is 10.6. The van der Waals surface area contributed by atoms with Crippen molar-refractivity contribution in [3.8, 4) is 5.75 Å². The fourth-order valence-corrected chi connectivity index (χ4v) is 4.88. The molecule has 0 aliphatic rings. The molecule has 35 heavy (non-hydrogen) atoms. The molecule has 0 spiro atoms. The molecule has 0 aromatic heterocycles. The maximum absolute atomic E-state index is 12.9. The summed E-state index contributed by atoms with van der Waals surface area (Å²) in [6, 6.07) is 21.8. The number of hydrogen-bond donors (Lipinski definition) is 1. The van der Waals surface area contributed by atoms with Crippen LogP contribution in [0.4, 0.5) is 13.2 Å². The molecular formula is C26H17Br2F3N2O2. The first-order valence-electron chi connectivity index (χ1n) is 10.3. The first-order chi connectivity index (χ1) is 16.7. The van der Waals surface area contributed by atoms with E-state index in [0.717, 1.165) is 28.5 Å². The Kier molecular flexibility index (Phi) is 7.57. The van der Waals surface area contributed by atoms with Gasteiger partial charge in [0.25, 0.3) is 5.91 Å². The zero-order valence-corrected chi connectivity index (χ0v) is 21.1. The number of rotatable bonds is 6. The summed E-state index contributed by atoms with van der Waals surface area (Å²) in [7, 11) is 0. The van der Waals surface area contributed by atoms with E-state index >= 15 is 0 Å². The summed E-state index contributed by atoms with van der Waals surface area (Å²) < 4.78 is 45.9. The van der Waals surface area contributed by atoms with Gasteiger partial charge in [-0.2, -0.15) is 18.3 Å². The molecule has 0 bridgehead atoms. The first kappa shape index (κ1) is 24.9. The molecule has 0 saturated carbocycles. The monoisotopic (exact) mass is 604 g/mol. The van der Waals surface area contributed by atoms with E-state index in [1.807, 2.05) is 42.5 Å². The lowest BCUT2D eigenvalue weighted by molar-refractivity contribution is -0.137. The summed E-state index contributed by atoms with van der Waals surface area (Å²) in [6.07, 6.45) is -3.15. The fourth-order valence-electron chi connectivity index (χ4n) is 3.43. The molecule has 0 heterocycles. The number of amides is 1. The summed E-state index contributed by atoms with van der Waals surface area (Å²) in [4.78, 5) is 12.2. The van der Waals surface area contributed by atoms with Gasteiger partial charge in [-0.3, -0.25) is 4.79 Å². The van der Waals surface area contributed by atoms with Crippen LogP contribution in [0.1, 0.15) is 27.0 Å². The Morgan fingerprint density at radius 3 is 2.37 bits per heavy atom. The maximum Gasteiger partial charge on any atom is 0.416 e. The third-order valence-corrected chi connectivity index (χ3v) is 6.28. The Morgan fingerprint density at radius 1 is 0.943 bits per heavy atom. The Morgan fingerprint density at radius 2 is 1.63 bits per heavy atom. The molecule has 0 saturated heterocycles. The maximum atomic E-state index is 12.9. The van der Waals surface area contributed by atoms with Gasteiger partial charge in [-0.1, -0.05) is 48.5 Å². The van der Waals surface area contributed by atoms with E-state index in [2.05, 4.69) is 42.4 Å². The summed E-state index contributed by atoms with van der Waals surface area (Å²) in [5.74, 6) is -0.149. The lowest BCUT2D eigenvalue weighted by atomic mass is 10.1. The molecule has 1 amide bonds. The summed E-state index contributed by atoms with van der Waals surface area (Å²) in [6.45, 7) is 0.360. The predicted molar refractivity (Wildman–Crippen MR) is 137 cm³/mol. The highest BCUT2D eigenvalue weighted by Crippen LogP contribution is 2.35. The number of benzene rings is 4. The number of fused-ring (bicyclic) bond motifs is 1. The van der Waals surface area contributed by atoms with Crippen molar-refractivity contribution in [1.82, 2.24) is 5.43 Å². The van der Waals surface area contributed by atoms with Crippen LogP contribution in [0, 0.1) is 0 Å². The molecule has 0 atom stereocenters. The van der Waals surface area contributed by atoms with Crippen molar-refractivity contribution in [2.75, 3.05) is 0 Å². The van der Waals surface area contributed by atoms with Crippen molar-refractivity contribution in [2.24, 2.45) is 5.10 Å². The van der Waals surface area contributed by atoms with Crippen LogP contribution in [0.2, 0.25) is 0 Å². The molecule has 0 radical (unpaired) electrons. The van der Waals surface area contributed by atoms with Crippen LogP contribution in [0.3, 0.4) is 0 Å². The highest BCUT2D eigenvalue weighted by Gasteiger charge is 2.30. The van der Waals surface area contributed by atoms with Gasteiger partial charge in [0, 0.05) is 5.56 Å². The second-order valence-corrected chi connectivity index (χ2v) is 9.23. The summed E-state index contributed by atoms with van der Waals surface area (Å²) in [5.41, 5.74) is 2.88. The van der Waals surface area contributed by atoms with Gasteiger partial charge in [-0.05, 0) is 84.1 Å². The topological polar surface area (TPSA) is 50.7 Å².